The van der Waals surface area contributed by atoms with Gasteiger partial charge in [-0.2, -0.15) is 13.2 Å². The summed E-state index contributed by atoms with van der Waals surface area (Å²) in [4.78, 5) is 14.5. The Bertz CT molecular complexity index is 785. The lowest BCUT2D eigenvalue weighted by atomic mass is 9.59. The molecular formula is C21H20F3NO. The van der Waals surface area contributed by atoms with E-state index in [2.05, 4.69) is 12.1 Å². The third-order valence-electron chi connectivity index (χ3n) is 5.85. The van der Waals surface area contributed by atoms with Crippen LogP contribution in [-0.2, 0) is 6.18 Å². The van der Waals surface area contributed by atoms with Crippen LogP contribution in [0.1, 0.15) is 40.2 Å². The van der Waals surface area contributed by atoms with Crippen LogP contribution in [0.5, 0.6) is 0 Å². The molecule has 2 nitrogen and oxygen atoms in total. The summed E-state index contributed by atoms with van der Waals surface area (Å²) in [6.07, 6.45) is -2.24. The van der Waals surface area contributed by atoms with Gasteiger partial charge in [0.1, 0.15) is 0 Å². The Morgan fingerprint density at radius 1 is 1.00 bits per heavy atom. The van der Waals surface area contributed by atoms with Gasteiger partial charge in [0.25, 0.3) is 5.91 Å². The van der Waals surface area contributed by atoms with Gasteiger partial charge in [-0.1, -0.05) is 30.3 Å². The number of likely N-dealkylation sites (tertiary alicyclic amines) is 1. The summed E-state index contributed by atoms with van der Waals surface area (Å²) in [5.41, 5.74) is 0.917. The average molecular weight is 359 g/mol. The summed E-state index contributed by atoms with van der Waals surface area (Å²) in [5, 5.41) is 0. The molecule has 1 amide bonds. The van der Waals surface area contributed by atoms with Crippen LogP contribution < -0.4 is 0 Å². The number of carbonyl (C=O) groups is 1. The van der Waals surface area contributed by atoms with Gasteiger partial charge in [0.15, 0.2) is 0 Å². The maximum Gasteiger partial charge on any atom is 0.416 e. The molecule has 0 radical (unpaired) electrons. The number of hydrogen-bond acceptors (Lipinski definition) is 1. The molecule has 1 saturated heterocycles. The average Bonchev–Trinajstić information content (AvgIpc) is 2.62. The molecule has 26 heavy (non-hydrogen) atoms. The van der Waals surface area contributed by atoms with Gasteiger partial charge in [-0.25, -0.2) is 0 Å². The van der Waals surface area contributed by atoms with Crippen LogP contribution in [0.15, 0.2) is 54.6 Å². The maximum absolute atomic E-state index is 12.7. The highest BCUT2D eigenvalue weighted by molar-refractivity contribution is 5.94. The molecule has 1 heterocycles. The zero-order chi connectivity index (χ0) is 18.3. The quantitative estimate of drug-likeness (QED) is 0.741. The van der Waals surface area contributed by atoms with E-state index in [0.717, 1.165) is 25.0 Å². The first kappa shape index (κ1) is 17.1. The number of halogens is 3. The summed E-state index contributed by atoms with van der Waals surface area (Å²) < 4.78 is 38.1. The minimum absolute atomic E-state index is 0.170. The first-order valence-corrected chi connectivity index (χ1v) is 8.95. The van der Waals surface area contributed by atoms with Crippen molar-refractivity contribution in [1.29, 1.82) is 0 Å². The van der Waals surface area contributed by atoms with E-state index in [4.69, 9.17) is 0 Å². The standard InChI is InChI=1S/C21H20F3NO/c22-21(23,24)17-8-6-15(7-9-17)20(26)25-11-10-16-12-18(19(16)13-25)14-4-2-1-3-5-14/h1-9,16,18-19H,10-13H2. The normalized spacial score (nSPS) is 25.3. The Labute approximate surface area is 150 Å². The molecular weight excluding hydrogens is 339 g/mol. The molecule has 2 fully saturated rings. The van der Waals surface area contributed by atoms with E-state index < -0.39 is 11.7 Å². The second-order valence-electron chi connectivity index (χ2n) is 7.29. The van der Waals surface area contributed by atoms with Gasteiger partial charge in [0, 0.05) is 18.7 Å². The Hall–Kier alpha value is -2.30. The molecule has 1 aliphatic carbocycles. The number of rotatable bonds is 2. The van der Waals surface area contributed by atoms with Gasteiger partial charge in [-0.3, -0.25) is 4.79 Å². The predicted molar refractivity (Wildman–Crippen MR) is 92.7 cm³/mol. The molecule has 136 valence electrons. The smallest absolute Gasteiger partial charge is 0.338 e. The van der Waals surface area contributed by atoms with Crippen molar-refractivity contribution in [3.8, 4) is 0 Å². The van der Waals surface area contributed by atoms with E-state index in [9.17, 15) is 18.0 Å². The number of fused-ring (bicyclic) bond motifs is 1. The second-order valence-corrected chi connectivity index (χ2v) is 7.29. The van der Waals surface area contributed by atoms with E-state index in [0.29, 0.717) is 36.4 Å². The molecule has 5 heteroatoms. The van der Waals surface area contributed by atoms with E-state index in [1.807, 2.05) is 18.2 Å². The molecule has 0 spiro atoms. The predicted octanol–water partition coefficient (Wildman–Crippen LogP) is 4.97. The molecule has 3 atom stereocenters. The first-order chi connectivity index (χ1) is 12.4. The monoisotopic (exact) mass is 359 g/mol. The molecule has 2 aromatic rings. The number of nitrogens with zero attached hydrogens (tertiary/aromatic N) is 1. The summed E-state index contributed by atoms with van der Waals surface area (Å²) in [6.45, 7) is 1.37. The van der Waals surface area contributed by atoms with Crippen LogP contribution in [-0.4, -0.2) is 23.9 Å². The number of carbonyl (C=O) groups excluding carboxylic acids is 1. The summed E-state index contributed by atoms with van der Waals surface area (Å²) >= 11 is 0. The fraction of sp³-hybridized carbons (Fsp3) is 0.381. The molecule has 2 aromatic carbocycles. The number of alkyl halides is 3. The van der Waals surface area contributed by atoms with E-state index in [-0.39, 0.29) is 5.91 Å². The Balaban J connectivity index is 1.46. The van der Waals surface area contributed by atoms with Crippen molar-refractivity contribution in [3.05, 3.63) is 71.3 Å². The molecule has 0 bridgehead atoms. The van der Waals surface area contributed by atoms with Crippen molar-refractivity contribution < 1.29 is 18.0 Å². The van der Waals surface area contributed by atoms with Crippen LogP contribution in [0.25, 0.3) is 0 Å². The number of benzene rings is 2. The van der Waals surface area contributed by atoms with E-state index in [1.54, 1.807) is 4.90 Å². The van der Waals surface area contributed by atoms with Crippen molar-refractivity contribution in [2.75, 3.05) is 13.1 Å². The molecule has 1 saturated carbocycles. The highest BCUT2D eigenvalue weighted by Crippen LogP contribution is 2.51. The number of piperidine rings is 1. The van der Waals surface area contributed by atoms with Crippen LogP contribution in [0.4, 0.5) is 13.2 Å². The van der Waals surface area contributed by atoms with Crippen molar-refractivity contribution in [2.24, 2.45) is 11.8 Å². The fourth-order valence-electron chi connectivity index (χ4n) is 4.34. The van der Waals surface area contributed by atoms with E-state index in [1.165, 1.54) is 17.7 Å². The van der Waals surface area contributed by atoms with Crippen LogP contribution in [0.2, 0.25) is 0 Å². The fourth-order valence-corrected chi connectivity index (χ4v) is 4.34. The topological polar surface area (TPSA) is 20.3 Å². The van der Waals surface area contributed by atoms with Crippen molar-refractivity contribution >= 4 is 5.91 Å². The SMILES string of the molecule is O=C(c1ccc(C(F)(F)F)cc1)N1CCC2CC(c3ccccc3)C2C1. The highest BCUT2D eigenvalue weighted by Gasteiger charge is 2.45. The van der Waals surface area contributed by atoms with Crippen LogP contribution in [0, 0.1) is 11.8 Å². The van der Waals surface area contributed by atoms with Gasteiger partial charge < -0.3 is 4.90 Å². The zero-order valence-electron chi connectivity index (χ0n) is 14.2. The number of amides is 1. The van der Waals surface area contributed by atoms with Crippen LogP contribution in [0.3, 0.4) is 0 Å². The summed E-state index contributed by atoms with van der Waals surface area (Å²) in [5.74, 6) is 1.40. The second kappa shape index (κ2) is 6.45. The Morgan fingerprint density at radius 2 is 1.69 bits per heavy atom. The Morgan fingerprint density at radius 3 is 2.35 bits per heavy atom. The lowest BCUT2D eigenvalue weighted by Crippen LogP contribution is -2.51. The zero-order valence-corrected chi connectivity index (χ0v) is 14.2. The molecule has 0 N–H and O–H groups in total. The van der Waals surface area contributed by atoms with Gasteiger partial charge in [-0.05, 0) is 60.4 Å². The largest absolute Gasteiger partial charge is 0.416 e. The van der Waals surface area contributed by atoms with Crippen molar-refractivity contribution in [1.82, 2.24) is 4.90 Å². The van der Waals surface area contributed by atoms with Gasteiger partial charge in [0.05, 0.1) is 5.56 Å². The van der Waals surface area contributed by atoms with Gasteiger partial charge in [0.2, 0.25) is 0 Å². The van der Waals surface area contributed by atoms with Crippen LogP contribution >= 0.6 is 0 Å². The van der Waals surface area contributed by atoms with Crippen molar-refractivity contribution in [2.45, 2.75) is 24.9 Å². The summed E-state index contributed by atoms with van der Waals surface area (Å²) in [7, 11) is 0. The lowest BCUT2D eigenvalue weighted by Gasteiger charge is -2.51. The first-order valence-electron chi connectivity index (χ1n) is 8.95. The molecule has 1 aliphatic heterocycles. The third-order valence-corrected chi connectivity index (χ3v) is 5.85. The molecule has 3 unspecified atom stereocenters. The van der Waals surface area contributed by atoms with Gasteiger partial charge >= 0.3 is 6.18 Å². The highest BCUT2D eigenvalue weighted by atomic mass is 19.4. The maximum atomic E-state index is 12.7. The minimum atomic E-state index is -4.38. The lowest BCUT2D eigenvalue weighted by molar-refractivity contribution is -0.137. The Kier molecular flexibility index (Phi) is 4.25. The molecule has 4 rings (SSSR count). The molecule has 2 aliphatic rings. The minimum Gasteiger partial charge on any atom is -0.338 e. The summed E-state index contributed by atoms with van der Waals surface area (Å²) in [6, 6.07) is 14.9. The van der Waals surface area contributed by atoms with E-state index >= 15 is 0 Å². The third kappa shape index (κ3) is 3.11. The molecule has 0 aromatic heterocycles. The van der Waals surface area contributed by atoms with Gasteiger partial charge in [-0.15, -0.1) is 0 Å². The number of hydrogen-bond donors (Lipinski definition) is 0. The van der Waals surface area contributed by atoms with Crippen molar-refractivity contribution in [3.63, 3.8) is 0 Å².